The van der Waals surface area contributed by atoms with Gasteiger partial charge in [-0.05, 0) is 116 Å². The first-order valence-corrected chi connectivity index (χ1v) is 25.0. The van der Waals surface area contributed by atoms with Crippen molar-refractivity contribution in [3.8, 4) is 0 Å². The van der Waals surface area contributed by atoms with Crippen LogP contribution in [-0.2, 0) is 39.7 Å². The van der Waals surface area contributed by atoms with Gasteiger partial charge in [0.05, 0.1) is 44.1 Å². The van der Waals surface area contributed by atoms with E-state index in [2.05, 4.69) is 54.6 Å². The second-order valence-electron chi connectivity index (χ2n) is 22.4. The van der Waals surface area contributed by atoms with Crippen molar-refractivity contribution in [1.29, 1.82) is 0 Å². The Morgan fingerprint density at radius 3 is 2.13 bits per heavy atom. The number of nitrogens with zero attached hydrogens (tertiary/aromatic N) is 4. The Kier molecular flexibility index (Phi) is 13.4. The third kappa shape index (κ3) is 8.08. The Bertz CT molecular complexity index is 1940. The van der Waals surface area contributed by atoms with E-state index in [0.717, 1.165) is 51.6 Å². The average molecular weight is 950 g/mol. The molecule has 4 aliphatic carbocycles. The number of hydrogen-bond acceptors (Lipinski definition) is 19. The summed E-state index contributed by atoms with van der Waals surface area (Å²) in [5.74, 6) is 3.35. The van der Waals surface area contributed by atoms with Crippen molar-refractivity contribution in [2.45, 2.75) is 216 Å². The number of ether oxygens (including phenoxy) is 7. The average Bonchev–Trinajstić information content (AvgIpc) is 3.98. The second kappa shape index (κ2) is 18.3. The quantitative estimate of drug-likeness (QED) is 0.149. The van der Waals surface area contributed by atoms with E-state index >= 15 is 0 Å². The molecule has 0 unspecified atom stereocenters. The van der Waals surface area contributed by atoms with E-state index in [4.69, 9.17) is 33.2 Å². The van der Waals surface area contributed by atoms with Gasteiger partial charge in [0.25, 0.3) is 0 Å². The van der Waals surface area contributed by atoms with Crippen molar-refractivity contribution in [2.75, 3.05) is 13.2 Å². The van der Waals surface area contributed by atoms with Gasteiger partial charge in [-0.2, -0.15) is 0 Å². The zero-order valence-electron chi connectivity index (χ0n) is 39.6. The summed E-state index contributed by atoms with van der Waals surface area (Å²) in [6.07, 6.45) is -9.43. The monoisotopic (exact) mass is 950 g/mol. The SMILES string of the molecule is C[C@@H]1CC[C@@]2(OC1)O[C@H]1C[C@H]3[C@@H]4CC=C5C[C@@H](n6nnnc6CN[C@@H]6O[C@H](CO)[C@@H](O[C@@H]7O[C@@H](C)[C@H](O)[C@@H](O)[C@H]7O)[C@H](O)[C@H]6O[C@@H]6O[C@@H](C)[C@H](O)[C@@H](O)[C@H]6O)CC[C@]5(C)[C@H]4CC[C@]3(C)[C@H]1[C@@H]2C. The van der Waals surface area contributed by atoms with Gasteiger partial charge in [-0.1, -0.05) is 39.3 Å². The Morgan fingerprint density at radius 2 is 1.48 bits per heavy atom. The highest BCUT2D eigenvalue weighted by molar-refractivity contribution is 5.27. The lowest BCUT2D eigenvalue weighted by atomic mass is 9.46. The molecule has 20 nitrogen and oxygen atoms in total. The summed E-state index contributed by atoms with van der Waals surface area (Å²) in [5, 5.41) is 102. The molecule has 26 atom stereocenters. The van der Waals surface area contributed by atoms with Gasteiger partial charge in [0.1, 0.15) is 67.3 Å². The van der Waals surface area contributed by atoms with Crippen LogP contribution < -0.4 is 5.32 Å². The molecule has 67 heavy (non-hydrogen) atoms. The maximum atomic E-state index is 12.0. The summed E-state index contributed by atoms with van der Waals surface area (Å²) in [4.78, 5) is 0. The number of nitrogens with one attached hydrogen (secondary N) is 1. The molecule has 9 N–H and O–H groups in total. The van der Waals surface area contributed by atoms with Crippen LogP contribution in [0.2, 0.25) is 0 Å². The first-order chi connectivity index (χ1) is 31.9. The van der Waals surface area contributed by atoms with Crippen molar-refractivity contribution in [3.05, 3.63) is 17.5 Å². The molecule has 0 amide bonds. The highest BCUT2D eigenvalue weighted by Gasteiger charge is 2.69. The molecular weight excluding hydrogens is 875 g/mol. The highest BCUT2D eigenvalue weighted by atomic mass is 16.7. The third-order valence-electron chi connectivity index (χ3n) is 18.8. The molecule has 3 saturated carbocycles. The van der Waals surface area contributed by atoms with Crippen LogP contribution in [0.3, 0.4) is 0 Å². The minimum Gasteiger partial charge on any atom is -0.394 e. The number of aromatic nitrogens is 4. The predicted molar refractivity (Wildman–Crippen MR) is 232 cm³/mol. The van der Waals surface area contributed by atoms with E-state index in [9.17, 15) is 40.9 Å². The van der Waals surface area contributed by atoms with Gasteiger partial charge in [-0.3, -0.25) is 5.32 Å². The van der Waals surface area contributed by atoms with Crippen molar-refractivity contribution in [3.63, 3.8) is 0 Å². The molecule has 378 valence electrons. The fraction of sp³-hybridized carbons (Fsp3) is 0.936. The zero-order chi connectivity index (χ0) is 47.5. The fourth-order valence-electron chi connectivity index (χ4n) is 14.8. The molecule has 5 saturated heterocycles. The van der Waals surface area contributed by atoms with Crippen LogP contribution in [0.4, 0.5) is 0 Å². The van der Waals surface area contributed by atoms with Crippen molar-refractivity contribution in [2.24, 2.45) is 46.3 Å². The third-order valence-corrected chi connectivity index (χ3v) is 18.8. The topological polar surface area (TPSA) is 282 Å². The minimum atomic E-state index is -1.73. The molecule has 20 heteroatoms. The summed E-state index contributed by atoms with van der Waals surface area (Å²) in [6, 6.07) is -0.0164. The molecule has 10 rings (SSSR count). The van der Waals surface area contributed by atoms with Crippen LogP contribution in [0.15, 0.2) is 11.6 Å². The summed E-state index contributed by atoms with van der Waals surface area (Å²) in [7, 11) is 0. The Morgan fingerprint density at radius 1 is 0.791 bits per heavy atom. The lowest BCUT2D eigenvalue weighted by Crippen LogP contribution is -2.68. The van der Waals surface area contributed by atoms with Gasteiger partial charge < -0.3 is 74.0 Å². The molecule has 6 heterocycles. The number of hydrogen-bond donors (Lipinski definition) is 9. The van der Waals surface area contributed by atoms with E-state index in [0.29, 0.717) is 41.3 Å². The van der Waals surface area contributed by atoms with E-state index in [1.807, 2.05) is 4.68 Å². The number of allylic oxidation sites excluding steroid dienone is 2. The smallest absolute Gasteiger partial charge is 0.187 e. The van der Waals surface area contributed by atoms with Gasteiger partial charge in [-0.15, -0.1) is 5.10 Å². The number of rotatable bonds is 9. The van der Waals surface area contributed by atoms with Crippen molar-refractivity contribution < 1.29 is 74.0 Å². The summed E-state index contributed by atoms with van der Waals surface area (Å²) < 4.78 is 45.2. The normalized spacial score (nSPS) is 54.2. The molecule has 1 spiro atoms. The van der Waals surface area contributed by atoms with Gasteiger partial charge in [0.2, 0.25) is 0 Å². The zero-order valence-corrected chi connectivity index (χ0v) is 39.6. The van der Waals surface area contributed by atoms with Crippen LogP contribution >= 0.6 is 0 Å². The Labute approximate surface area is 391 Å². The second-order valence-corrected chi connectivity index (χ2v) is 22.4. The number of aliphatic hydroxyl groups is 8. The molecule has 0 bridgehead atoms. The minimum absolute atomic E-state index is 0.0164. The molecule has 8 fully saturated rings. The van der Waals surface area contributed by atoms with Crippen LogP contribution in [-0.4, -0.2) is 178 Å². The summed E-state index contributed by atoms with van der Waals surface area (Å²) >= 11 is 0. The van der Waals surface area contributed by atoms with E-state index in [1.165, 1.54) is 32.3 Å². The first kappa shape index (κ1) is 48.8. The molecule has 5 aliphatic heterocycles. The number of fused-ring (bicyclic) bond motifs is 7. The predicted octanol–water partition coefficient (Wildman–Crippen LogP) is 0.174. The van der Waals surface area contributed by atoms with Crippen molar-refractivity contribution >= 4 is 0 Å². The molecule has 0 radical (unpaired) electrons. The van der Waals surface area contributed by atoms with Crippen molar-refractivity contribution in [1.82, 2.24) is 25.5 Å². The van der Waals surface area contributed by atoms with E-state index < -0.39 is 104 Å². The molecule has 9 aliphatic rings. The van der Waals surface area contributed by atoms with Crippen LogP contribution in [0.1, 0.15) is 111 Å². The van der Waals surface area contributed by atoms with Gasteiger partial charge >= 0.3 is 0 Å². The molecular formula is C47H75N5O15. The number of tetrazole rings is 1. The largest absolute Gasteiger partial charge is 0.394 e. The maximum Gasteiger partial charge on any atom is 0.187 e. The van der Waals surface area contributed by atoms with Crippen LogP contribution in [0.5, 0.6) is 0 Å². The highest BCUT2D eigenvalue weighted by Crippen LogP contribution is 2.71. The first-order valence-electron chi connectivity index (χ1n) is 25.0. The molecule has 0 aromatic carbocycles. The lowest BCUT2D eigenvalue weighted by molar-refractivity contribution is -0.363. The Hall–Kier alpha value is -1.83. The van der Waals surface area contributed by atoms with E-state index in [1.54, 1.807) is 0 Å². The maximum absolute atomic E-state index is 12.0. The van der Waals surface area contributed by atoms with Crippen LogP contribution in [0.25, 0.3) is 0 Å². The van der Waals surface area contributed by atoms with E-state index in [-0.39, 0.29) is 29.5 Å². The number of aliphatic hydroxyl groups excluding tert-OH is 8. The molecule has 1 aromatic rings. The summed E-state index contributed by atoms with van der Waals surface area (Å²) in [5.41, 5.74) is 1.76. The standard InChI is InChI=1S/C47H75N5O15/c1-20-9-14-47(61-19-20)21(2)32-29(67-47)16-28-26-8-7-24-15-25(10-12-45(24,5)27(26)11-13-46(28,32)6)52-31(49-50-51-52)17-48-42-41(66-44-38(59)36(57)34(55)23(4)63-44)39(60)40(30(18-53)64-42)65-43-37(58)35(56)33(54)22(3)62-43/h7,20-23,25-30,32-44,48,53-60H,8-19H2,1-6H3/t20-,21+,22+,23+,25+,26-,27+,28+,29+,30-,32+,33+,34+,35-,36-,37-,38-,39+,40-,41-,42-,43+,44+,45+,46+,47-/m1/s1. The lowest BCUT2D eigenvalue weighted by Gasteiger charge is -2.58. The van der Waals surface area contributed by atoms with Gasteiger partial charge in [0.15, 0.2) is 24.2 Å². The van der Waals surface area contributed by atoms with Gasteiger partial charge in [0, 0.05) is 12.3 Å². The Balaban J connectivity index is 0.834. The van der Waals surface area contributed by atoms with Crippen LogP contribution in [0, 0.1) is 46.3 Å². The fourth-order valence-corrected chi connectivity index (χ4v) is 14.8. The summed E-state index contributed by atoms with van der Waals surface area (Å²) in [6.45, 7) is 12.8. The molecule has 1 aromatic heterocycles. The van der Waals surface area contributed by atoms with Gasteiger partial charge in [-0.25, -0.2) is 4.68 Å².